The van der Waals surface area contributed by atoms with Gasteiger partial charge in [-0.2, -0.15) is 18.7 Å². The number of halogens is 4. The summed E-state index contributed by atoms with van der Waals surface area (Å²) >= 11 is 6.24. The van der Waals surface area contributed by atoms with Gasteiger partial charge in [-0.05, 0) is 28.8 Å². The molecule has 0 spiro atoms. The third-order valence-corrected chi connectivity index (χ3v) is 5.28. The molecule has 158 valence electrons. The summed E-state index contributed by atoms with van der Waals surface area (Å²) < 4.78 is 38.0. The highest BCUT2D eigenvalue weighted by Crippen LogP contribution is 2.41. The van der Waals surface area contributed by atoms with E-state index in [0.717, 1.165) is 16.7 Å². The second kappa shape index (κ2) is 8.07. The summed E-state index contributed by atoms with van der Waals surface area (Å²) in [5, 5.41) is 0.500. The Bertz CT molecular complexity index is 1150. The van der Waals surface area contributed by atoms with Crippen LogP contribution in [0.5, 0.6) is 0 Å². The fourth-order valence-corrected chi connectivity index (χ4v) is 3.85. The fraction of sp³-hybridized carbons (Fsp3) is 0.130. The number of benzene rings is 3. The van der Waals surface area contributed by atoms with E-state index < -0.39 is 17.7 Å². The molecular formula is C23H16ClF3N2O2. The zero-order valence-electron chi connectivity index (χ0n) is 16.0. The molecule has 0 saturated carbocycles. The second-order valence-corrected chi connectivity index (χ2v) is 7.46. The minimum atomic E-state index is -5.13. The molecule has 0 amide bonds. The topological polar surface area (TPSA) is 50.7 Å². The molecule has 0 saturated heterocycles. The van der Waals surface area contributed by atoms with Gasteiger partial charge in [0.05, 0.1) is 0 Å². The number of alkyl halides is 3. The number of nitrogens with zero attached hydrogens (tertiary/aromatic N) is 1. The largest absolute Gasteiger partial charge is 0.493 e. The lowest BCUT2D eigenvalue weighted by atomic mass is 9.76. The summed E-state index contributed by atoms with van der Waals surface area (Å²) in [6, 6.07) is 23.6. The maximum atomic E-state index is 12.7. The molecule has 4 rings (SSSR count). The van der Waals surface area contributed by atoms with Crippen molar-refractivity contribution in [2.75, 3.05) is 0 Å². The molecule has 1 heterocycles. The summed E-state index contributed by atoms with van der Waals surface area (Å²) in [6.07, 6.45) is -4.70. The zero-order chi connectivity index (χ0) is 22.1. The van der Waals surface area contributed by atoms with Crippen LogP contribution in [0.4, 0.5) is 13.2 Å². The molecule has 3 aromatic carbocycles. The van der Waals surface area contributed by atoms with Crippen LogP contribution in [0, 0.1) is 0 Å². The normalized spacial score (nSPS) is 18.0. The Labute approximate surface area is 181 Å². The molecule has 0 bridgehead atoms. The average molecular weight is 445 g/mol. The van der Waals surface area contributed by atoms with E-state index in [1.54, 1.807) is 30.3 Å². The van der Waals surface area contributed by atoms with Gasteiger partial charge in [-0.15, -0.1) is 0 Å². The lowest BCUT2D eigenvalue weighted by Crippen LogP contribution is -2.41. The standard InChI is InChI=1S/C23H16ClF3N2O2/c24-18-11-6-10-17(13-18)22(16-8-2-1-3-9-16)14-15-7-4-5-12-19(15)20(28-22)29-31-21(30)23(25,26)27/h1-13H,14H2,(H,28,29). The van der Waals surface area contributed by atoms with E-state index in [2.05, 4.69) is 10.3 Å². The Morgan fingerprint density at radius 2 is 1.65 bits per heavy atom. The van der Waals surface area contributed by atoms with Gasteiger partial charge in [-0.25, -0.2) is 9.79 Å². The van der Waals surface area contributed by atoms with Crippen LogP contribution in [0.1, 0.15) is 22.3 Å². The highest BCUT2D eigenvalue weighted by atomic mass is 35.5. The highest BCUT2D eigenvalue weighted by molar-refractivity contribution is 6.30. The van der Waals surface area contributed by atoms with Gasteiger partial charge in [0.25, 0.3) is 0 Å². The van der Waals surface area contributed by atoms with E-state index in [9.17, 15) is 18.0 Å². The quantitative estimate of drug-likeness (QED) is 0.553. The van der Waals surface area contributed by atoms with Crippen molar-refractivity contribution in [2.24, 2.45) is 4.99 Å². The molecule has 1 atom stereocenters. The third-order valence-electron chi connectivity index (χ3n) is 5.05. The summed E-state index contributed by atoms with van der Waals surface area (Å²) in [6.45, 7) is 0. The number of hydroxylamine groups is 1. The summed E-state index contributed by atoms with van der Waals surface area (Å²) in [4.78, 5) is 20.4. The van der Waals surface area contributed by atoms with Crippen LogP contribution in [-0.2, 0) is 21.6 Å². The van der Waals surface area contributed by atoms with Gasteiger partial charge >= 0.3 is 12.1 Å². The van der Waals surface area contributed by atoms with Crippen molar-refractivity contribution < 1.29 is 22.8 Å². The number of amidine groups is 1. The molecule has 0 aromatic heterocycles. The number of fused-ring (bicyclic) bond motifs is 1. The maximum Gasteiger partial charge on any atom is 0.493 e. The first kappa shape index (κ1) is 20.9. The molecule has 31 heavy (non-hydrogen) atoms. The van der Waals surface area contributed by atoms with E-state index in [0.29, 0.717) is 17.0 Å². The number of hydrogen-bond donors (Lipinski definition) is 1. The first-order valence-electron chi connectivity index (χ1n) is 9.33. The number of rotatable bonds is 2. The molecule has 0 fully saturated rings. The average Bonchev–Trinajstić information content (AvgIpc) is 2.77. The van der Waals surface area contributed by atoms with Crippen LogP contribution in [-0.4, -0.2) is 18.0 Å². The first-order chi connectivity index (χ1) is 14.8. The van der Waals surface area contributed by atoms with Crippen molar-refractivity contribution in [3.8, 4) is 0 Å². The minimum absolute atomic E-state index is 0.0169. The summed E-state index contributed by atoms with van der Waals surface area (Å²) in [5.74, 6) is -2.34. The van der Waals surface area contributed by atoms with Crippen LogP contribution in [0.2, 0.25) is 5.02 Å². The summed E-state index contributed by atoms with van der Waals surface area (Å²) in [7, 11) is 0. The Balaban J connectivity index is 1.88. The van der Waals surface area contributed by atoms with Gasteiger partial charge in [-0.3, -0.25) is 0 Å². The van der Waals surface area contributed by atoms with E-state index in [-0.39, 0.29) is 5.84 Å². The molecule has 1 unspecified atom stereocenters. The van der Waals surface area contributed by atoms with Crippen molar-refractivity contribution in [1.82, 2.24) is 5.48 Å². The highest BCUT2D eigenvalue weighted by Gasteiger charge is 2.43. The molecule has 1 aliphatic rings. The van der Waals surface area contributed by atoms with E-state index in [4.69, 9.17) is 16.6 Å². The first-order valence-corrected chi connectivity index (χ1v) is 9.71. The van der Waals surface area contributed by atoms with Crippen molar-refractivity contribution in [3.63, 3.8) is 0 Å². The van der Waals surface area contributed by atoms with Crippen LogP contribution in [0.25, 0.3) is 0 Å². The molecule has 1 aliphatic heterocycles. The Morgan fingerprint density at radius 3 is 2.35 bits per heavy atom. The Morgan fingerprint density at radius 1 is 0.968 bits per heavy atom. The van der Waals surface area contributed by atoms with Gasteiger partial charge in [0.15, 0.2) is 5.84 Å². The van der Waals surface area contributed by atoms with Crippen LogP contribution in [0.15, 0.2) is 83.9 Å². The van der Waals surface area contributed by atoms with E-state index >= 15 is 0 Å². The van der Waals surface area contributed by atoms with Crippen molar-refractivity contribution in [1.29, 1.82) is 0 Å². The number of hydrogen-bond acceptors (Lipinski definition) is 4. The lowest BCUT2D eigenvalue weighted by Gasteiger charge is -2.36. The molecule has 1 N–H and O–H groups in total. The number of carbonyl (C=O) groups excluding carboxylic acids is 1. The Kier molecular flexibility index (Phi) is 5.45. The third kappa shape index (κ3) is 4.14. The molecule has 3 aromatic rings. The lowest BCUT2D eigenvalue weighted by molar-refractivity contribution is -0.203. The number of nitrogens with one attached hydrogen (secondary N) is 1. The summed E-state index contributed by atoms with van der Waals surface area (Å²) in [5.41, 5.74) is 4.09. The van der Waals surface area contributed by atoms with E-state index in [1.165, 1.54) is 0 Å². The molecular weight excluding hydrogens is 429 g/mol. The SMILES string of the molecule is O=C(ONC1=NC(c2ccccc2)(c2cccc(Cl)c2)Cc2ccccc21)C(F)(F)F. The smallest absolute Gasteiger partial charge is 0.334 e. The zero-order valence-corrected chi connectivity index (χ0v) is 16.7. The minimum Gasteiger partial charge on any atom is -0.334 e. The van der Waals surface area contributed by atoms with Gasteiger partial charge < -0.3 is 4.84 Å². The van der Waals surface area contributed by atoms with Crippen LogP contribution < -0.4 is 5.48 Å². The number of carbonyl (C=O) groups is 1. The van der Waals surface area contributed by atoms with Crippen LogP contribution >= 0.6 is 11.6 Å². The molecule has 8 heteroatoms. The van der Waals surface area contributed by atoms with Gasteiger partial charge in [0.2, 0.25) is 0 Å². The predicted molar refractivity (Wildman–Crippen MR) is 111 cm³/mol. The van der Waals surface area contributed by atoms with Crippen molar-refractivity contribution in [2.45, 2.75) is 18.1 Å². The van der Waals surface area contributed by atoms with Crippen LogP contribution in [0.3, 0.4) is 0 Å². The maximum absolute atomic E-state index is 12.7. The monoisotopic (exact) mass is 444 g/mol. The van der Waals surface area contributed by atoms with E-state index in [1.807, 2.05) is 48.5 Å². The van der Waals surface area contributed by atoms with Crippen molar-refractivity contribution in [3.05, 3.63) is 106 Å². The van der Waals surface area contributed by atoms with Gasteiger partial charge in [0, 0.05) is 17.0 Å². The molecule has 0 aliphatic carbocycles. The fourth-order valence-electron chi connectivity index (χ4n) is 3.66. The van der Waals surface area contributed by atoms with Gasteiger partial charge in [-0.1, -0.05) is 78.3 Å². The predicted octanol–water partition coefficient (Wildman–Crippen LogP) is 5.20. The van der Waals surface area contributed by atoms with Crippen molar-refractivity contribution >= 4 is 23.4 Å². The molecule has 0 radical (unpaired) electrons. The second-order valence-electron chi connectivity index (χ2n) is 7.02. The number of aliphatic imine (C=N–C) groups is 1. The Hall–Kier alpha value is -3.32. The van der Waals surface area contributed by atoms with Gasteiger partial charge in [0.1, 0.15) is 5.54 Å². The molecule has 4 nitrogen and oxygen atoms in total.